The fraction of sp³-hybridized carbons (Fsp3) is 0. The van der Waals surface area contributed by atoms with E-state index in [1.807, 2.05) is 6.07 Å². The van der Waals surface area contributed by atoms with Crippen molar-refractivity contribution in [2.24, 2.45) is 20.5 Å². The number of hydrogen-bond donors (Lipinski definition) is 4. The molecule has 0 heterocycles. The molecule has 0 spiro atoms. The Morgan fingerprint density at radius 1 is 0.469 bits per heavy atom. The molecule has 14 nitrogen and oxygen atoms in total. The van der Waals surface area contributed by atoms with E-state index in [1.165, 1.54) is 54.6 Å². The summed E-state index contributed by atoms with van der Waals surface area (Å²) in [4.78, 5) is -1.19. The van der Waals surface area contributed by atoms with Crippen LogP contribution in [0.2, 0.25) is 0 Å². The molecule has 0 saturated carbocycles. The number of para-hydroxylation sites is 1. The molecule has 4 N–H and O–H groups in total. The largest absolute Gasteiger partial charge is 0.355 e. The maximum Gasteiger partial charge on any atom is 0.295 e. The average Bonchev–Trinajstić information content (AvgIpc) is 3.06. The predicted molar refractivity (Wildman–Crippen MR) is 182 cm³/mol. The summed E-state index contributed by atoms with van der Waals surface area (Å²) in [5, 5.41) is 21.0. The molecule has 6 rings (SSSR count). The Bertz CT molecular complexity index is 2670. The van der Waals surface area contributed by atoms with E-state index in [-0.39, 0.29) is 43.3 Å². The van der Waals surface area contributed by atoms with Gasteiger partial charge in [-0.2, -0.15) is 30.4 Å². The zero-order chi connectivity index (χ0) is 35.0. The first-order valence-corrected chi connectivity index (χ1v) is 18.3. The Hall–Kier alpha value is -5.43. The maximum atomic E-state index is 12.4. The summed E-state index contributed by atoms with van der Waals surface area (Å²) >= 11 is 0. The molecule has 0 aromatic heterocycles. The van der Waals surface area contributed by atoms with Crippen molar-refractivity contribution >= 4 is 86.0 Å². The number of hydrogen-bond acceptors (Lipinski definition) is 11. The molecule has 6 aromatic rings. The minimum atomic E-state index is -4.67. The van der Waals surface area contributed by atoms with Crippen LogP contribution in [-0.4, -0.2) is 38.9 Å². The molecule has 17 heteroatoms. The van der Waals surface area contributed by atoms with Crippen LogP contribution in [-0.2, 0) is 30.4 Å². The van der Waals surface area contributed by atoms with Gasteiger partial charge < -0.3 is 5.32 Å². The summed E-state index contributed by atoms with van der Waals surface area (Å²) in [6.45, 7) is 0. The van der Waals surface area contributed by atoms with Crippen LogP contribution >= 0.6 is 0 Å². The zero-order valence-electron chi connectivity index (χ0n) is 24.8. The molecule has 0 fully saturated rings. The molecule has 0 unspecified atom stereocenters. The second-order valence-corrected chi connectivity index (χ2v) is 14.7. The number of fused-ring (bicyclic) bond motifs is 2. The van der Waals surface area contributed by atoms with Crippen molar-refractivity contribution in [2.45, 2.75) is 14.7 Å². The van der Waals surface area contributed by atoms with Gasteiger partial charge in [0, 0.05) is 32.9 Å². The van der Waals surface area contributed by atoms with Crippen LogP contribution in [0, 0.1) is 0 Å². The van der Waals surface area contributed by atoms with Crippen molar-refractivity contribution in [3.63, 3.8) is 0 Å². The van der Waals surface area contributed by atoms with Gasteiger partial charge in [-0.25, -0.2) is 0 Å². The third-order valence-corrected chi connectivity index (χ3v) is 9.80. The highest BCUT2D eigenvalue weighted by molar-refractivity contribution is 7.86. The van der Waals surface area contributed by atoms with Crippen LogP contribution in [0.5, 0.6) is 0 Å². The van der Waals surface area contributed by atoms with Gasteiger partial charge in [0.2, 0.25) is 0 Å². The van der Waals surface area contributed by atoms with Gasteiger partial charge in [0.15, 0.2) is 0 Å². The Morgan fingerprint density at radius 3 is 1.73 bits per heavy atom. The first kappa shape index (κ1) is 33.5. The Balaban J connectivity index is 1.47. The minimum Gasteiger partial charge on any atom is -0.355 e. The fourth-order valence-electron chi connectivity index (χ4n) is 5.00. The lowest BCUT2D eigenvalue weighted by atomic mass is 10.1. The molecule has 248 valence electrons. The van der Waals surface area contributed by atoms with E-state index >= 15 is 0 Å². The summed E-state index contributed by atoms with van der Waals surface area (Å²) in [7, 11) is -13.8. The second kappa shape index (κ2) is 12.9. The van der Waals surface area contributed by atoms with Gasteiger partial charge in [0.25, 0.3) is 30.4 Å². The van der Waals surface area contributed by atoms with E-state index in [1.54, 1.807) is 42.5 Å². The third kappa shape index (κ3) is 7.36. The van der Waals surface area contributed by atoms with Gasteiger partial charge in [-0.3, -0.25) is 13.7 Å². The molecule has 0 amide bonds. The normalized spacial score (nSPS) is 12.7. The van der Waals surface area contributed by atoms with Crippen molar-refractivity contribution in [2.75, 3.05) is 5.32 Å². The standard InChI is InChI=1S/C32H23N5O9S3/c38-47(39,40)22-9-4-8-21(18-22)34-35-27-14-15-29(26-19-23(48(41,42)43)12-13-24(26)27)37-36-28-16-17-30(33-20-6-2-1-3-7-20)32-25(28)10-5-11-31(32)49(44,45)46/h1-19,33H,(H,38,39,40)(H,41,42,43)(H,44,45,46)/b35-34+,37-36+. The summed E-state index contributed by atoms with van der Waals surface area (Å²) < 4.78 is 101. The highest BCUT2D eigenvalue weighted by atomic mass is 32.2. The third-order valence-electron chi connectivity index (χ3n) is 7.20. The summed E-state index contributed by atoms with van der Waals surface area (Å²) in [5.74, 6) is 0. The van der Waals surface area contributed by atoms with Crippen molar-refractivity contribution < 1.29 is 38.9 Å². The number of nitrogens with one attached hydrogen (secondary N) is 1. The average molecular weight is 718 g/mol. The molecule has 0 saturated heterocycles. The first-order chi connectivity index (χ1) is 23.2. The number of anilines is 2. The Kier molecular flexibility index (Phi) is 8.80. The molecular weight excluding hydrogens is 695 g/mol. The number of rotatable bonds is 9. The summed E-state index contributed by atoms with van der Waals surface area (Å²) in [5.41, 5.74) is 1.69. The second-order valence-electron chi connectivity index (χ2n) is 10.4. The lowest BCUT2D eigenvalue weighted by Crippen LogP contribution is -2.01. The molecule has 0 aliphatic carbocycles. The number of azo groups is 2. The van der Waals surface area contributed by atoms with Gasteiger partial charge >= 0.3 is 0 Å². The molecule has 6 aromatic carbocycles. The molecule has 49 heavy (non-hydrogen) atoms. The Labute approximate surface area is 279 Å². The number of benzene rings is 6. The summed E-state index contributed by atoms with van der Waals surface area (Å²) in [6, 6.07) is 28.2. The van der Waals surface area contributed by atoms with Gasteiger partial charge in [0.05, 0.1) is 32.5 Å². The maximum absolute atomic E-state index is 12.4. The summed E-state index contributed by atoms with van der Waals surface area (Å²) in [6.07, 6.45) is 0. The van der Waals surface area contributed by atoms with Gasteiger partial charge in [-0.05, 0) is 72.8 Å². The van der Waals surface area contributed by atoms with Crippen LogP contribution in [0.15, 0.2) is 150 Å². The van der Waals surface area contributed by atoms with Crippen LogP contribution in [0.1, 0.15) is 0 Å². The van der Waals surface area contributed by atoms with Crippen molar-refractivity contribution in [1.82, 2.24) is 0 Å². The van der Waals surface area contributed by atoms with Gasteiger partial charge in [-0.1, -0.05) is 42.5 Å². The molecule has 0 atom stereocenters. The smallest absolute Gasteiger partial charge is 0.295 e. The molecular formula is C32H23N5O9S3. The first-order valence-electron chi connectivity index (χ1n) is 14.0. The lowest BCUT2D eigenvalue weighted by molar-refractivity contribution is 0.481. The van der Waals surface area contributed by atoms with E-state index in [4.69, 9.17) is 0 Å². The van der Waals surface area contributed by atoms with Crippen molar-refractivity contribution in [1.29, 1.82) is 0 Å². The van der Waals surface area contributed by atoms with Crippen molar-refractivity contribution in [3.05, 3.63) is 115 Å². The van der Waals surface area contributed by atoms with E-state index < -0.39 is 35.2 Å². The molecule has 0 radical (unpaired) electrons. The van der Waals surface area contributed by atoms with Crippen LogP contribution < -0.4 is 5.32 Å². The van der Waals surface area contributed by atoms with Gasteiger partial charge in [-0.15, -0.1) is 15.3 Å². The van der Waals surface area contributed by atoms with E-state index in [0.717, 1.165) is 12.1 Å². The fourth-order valence-corrected chi connectivity index (χ4v) is 6.75. The molecule has 0 bridgehead atoms. The van der Waals surface area contributed by atoms with E-state index in [0.29, 0.717) is 22.1 Å². The minimum absolute atomic E-state index is 0.0999. The highest BCUT2D eigenvalue weighted by Crippen LogP contribution is 2.40. The Morgan fingerprint density at radius 2 is 1.06 bits per heavy atom. The highest BCUT2D eigenvalue weighted by Gasteiger charge is 2.19. The van der Waals surface area contributed by atoms with Gasteiger partial charge in [0.1, 0.15) is 4.90 Å². The zero-order valence-corrected chi connectivity index (χ0v) is 27.2. The van der Waals surface area contributed by atoms with Crippen molar-refractivity contribution in [3.8, 4) is 0 Å². The van der Waals surface area contributed by atoms with Crippen LogP contribution in [0.25, 0.3) is 21.5 Å². The van der Waals surface area contributed by atoms with E-state index in [2.05, 4.69) is 25.8 Å². The SMILES string of the molecule is O=S(=O)(O)c1cccc(/N=N/c2ccc(/N=N/c3ccc(Nc4ccccc4)c4c(S(=O)(=O)O)cccc34)c3cc(S(=O)(=O)O)ccc23)c1. The van der Waals surface area contributed by atoms with Crippen LogP contribution in [0.4, 0.5) is 34.1 Å². The van der Waals surface area contributed by atoms with E-state index in [9.17, 15) is 38.9 Å². The topological polar surface area (TPSA) is 225 Å². The monoisotopic (exact) mass is 717 g/mol. The molecule has 0 aliphatic heterocycles. The number of nitrogens with zero attached hydrogens (tertiary/aromatic N) is 4. The quantitative estimate of drug-likeness (QED) is 0.0826. The lowest BCUT2D eigenvalue weighted by Gasteiger charge is -2.14. The predicted octanol–water partition coefficient (Wildman–Crippen LogP) is 8.31. The van der Waals surface area contributed by atoms with Crippen LogP contribution in [0.3, 0.4) is 0 Å². The molecule has 0 aliphatic rings.